The summed E-state index contributed by atoms with van der Waals surface area (Å²) in [6.45, 7) is 2.48. The van der Waals surface area contributed by atoms with Crippen LogP contribution in [0.5, 0.6) is 0 Å². The number of carbonyl (C=O) groups is 1. The van der Waals surface area contributed by atoms with Gasteiger partial charge in [0.05, 0.1) is 23.3 Å². The van der Waals surface area contributed by atoms with E-state index in [1.807, 2.05) is 66.7 Å². The molecule has 2 heterocycles. The average Bonchev–Trinajstić information content (AvgIpc) is 3.15. The molecule has 0 saturated carbocycles. The summed E-state index contributed by atoms with van der Waals surface area (Å²) in [7, 11) is 0. The van der Waals surface area contributed by atoms with Crippen LogP contribution in [0.1, 0.15) is 42.9 Å². The van der Waals surface area contributed by atoms with Crippen molar-refractivity contribution >= 4 is 28.5 Å². The maximum atomic E-state index is 13.3. The Morgan fingerprint density at radius 3 is 2.61 bits per heavy atom. The van der Waals surface area contributed by atoms with E-state index in [0.717, 1.165) is 34.5 Å². The third-order valence-corrected chi connectivity index (χ3v) is 5.69. The first-order chi connectivity index (χ1) is 15.2. The fourth-order valence-electron chi connectivity index (χ4n) is 3.83. The number of benzene rings is 2. The highest BCUT2D eigenvalue weighted by Crippen LogP contribution is 2.28. The van der Waals surface area contributed by atoms with Crippen LogP contribution in [0.25, 0.3) is 11.0 Å². The molecule has 0 aliphatic rings. The van der Waals surface area contributed by atoms with E-state index in [2.05, 4.69) is 21.8 Å². The van der Waals surface area contributed by atoms with Gasteiger partial charge in [-0.3, -0.25) is 9.78 Å². The van der Waals surface area contributed by atoms with Crippen LogP contribution in [0.4, 0.5) is 0 Å². The molecular formula is C25H25ClN4O. The van der Waals surface area contributed by atoms with Gasteiger partial charge in [-0.25, -0.2) is 4.98 Å². The fourth-order valence-corrected chi connectivity index (χ4v) is 4.03. The Hall–Kier alpha value is -3.18. The van der Waals surface area contributed by atoms with Crippen molar-refractivity contribution in [3.8, 4) is 0 Å². The predicted molar refractivity (Wildman–Crippen MR) is 124 cm³/mol. The number of carbonyl (C=O) groups excluding carboxylic acids is 1. The van der Waals surface area contributed by atoms with Gasteiger partial charge in [-0.15, -0.1) is 0 Å². The van der Waals surface area contributed by atoms with Crippen molar-refractivity contribution in [2.75, 3.05) is 0 Å². The molecule has 1 N–H and O–H groups in total. The van der Waals surface area contributed by atoms with Crippen molar-refractivity contribution in [1.29, 1.82) is 0 Å². The number of aromatic nitrogens is 3. The number of nitrogens with zero attached hydrogens (tertiary/aromatic N) is 3. The molecule has 0 spiro atoms. The molecular weight excluding hydrogens is 408 g/mol. The second-order valence-electron chi connectivity index (χ2n) is 7.50. The van der Waals surface area contributed by atoms with Gasteiger partial charge < -0.3 is 9.88 Å². The highest BCUT2D eigenvalue weighted by molar-refractivity contribution is 6.31. The molecule has 1 amide bonds. The van der Waals surface area contributed by atoms with Crippen LogP contribution in [0.2, 0.25) is 5.02 Å². The van der Waals surface area contributed by atoms with Crippen LogP contribution >= 0.6 is 11.6 Å². The van der Waals surface area contributed by atoms with Gasteiger partial charge in [0.25, 0.3) is 0 Å². The molecule has 1 atom stereocenters. The van der Waals surface area contributed by atoms with E-state index in [9.17, 15) is 4.79 Å². The number of rotatable bonds is 8. The number of fused-ring (bicyclic) bond motifs is 1. The van der Waals surface area contributed by atoms with Crippen LogP contribution in [0.3, 0.4) is 0 Å². The number of halogens is 1. The third kappa shape index (κ3) is 4.78. The standard InChI is InChI=1S/C25H25ClN4O/c1-2-9-23(25(31)28-17-19-11-7-8-15-27-19)30-22-14-6-5-13-21(22)29-24(30)16-18-10-3-4-12-20(18)26/h3-8,10-15,23H,2,9,16-17H2,1H3,(H,28,31). The molecule has 0 fully saturated rings. The number of hydrogen-bond donors (Lipinski definition) is 1. The van der Waals surface area contributed by atoms with Crippen molar-refractivity contribution in [3.05, 3.63) is 95.0 Å². The van der Waals surface area contributed by atoms with Gasteiger partial charge in [-0.1, -0.05) is 61.3 Å². The lowest BCUT2D eigenvalue weighted by atomic mass is 10.1. The molecule has 0 aliphatic carbocycles. The molecule has 158 valence electrons. The first-order valence-electron chi connectivity index (χ1n) is 10.5. The Morgan fingerprint density at radius 1 is 1.06 bits per heavy atom. The summed E-state index contributed by atoms with van der Waals surface area (Å²) in [5.74, 6) is 0.803. The van der Waals surface area contributed by atoms with Crippen molar-refractivity contribution < 1.29 is 4.79 Å². The molecule has 4 aromatic rings. The Bertz CT molecular complexity index is 1170. The molecule has 1 unspecified atom stereocenters. The number of para-hydroxylation sites is 2. The Balaban J connectivity index is 1.70. The lowest BCUT2D eigenvalue weighted by Crippen LogP contribution is -2.33. The zero-order valence-electron chi connectivity index (χ0n) is 17.5. The highest BCUT2D eigenvalue weighted by atomic mass is 35.5. The van der Waals surface area contributed by atoms with Gasteiger partial charge in [0.2, 0.25) is 5.91 Å². The molecule has 6 heteroatoms. The van der Waals surface area contributed by atoms with Crippen LogP contribution in [0.15, 0.2) is 72.9 Å². The summed E-state index contributed by atoms with van der Waals surface area (Å²) in [4.78, 5) is 22.5. The van der Waals surface area contributed by atoms with Gasteiger partial charge in [0, 0.05) is 17.6 Å². The monoisotopic (exact) mass is 432 g/mol. The minimum Gasteiger partial charge on any atom is -0.349 e. The Morgan fingerprint density at radius 2 is 1.84 bits per heavy atom. The topological polar surface area (TPSA) is 59.8 Å². The van der Waals surface area contributed by atoms with E-state index in [1.165, 1.54) is 0 Å². The molecule has 0 bridgehead atoms. The smallest absolute Gasteiger partial charge is 0.243 e. The summed E-state index contributed by atoms with van der Waals surface area (Å²) in [5.41, 5.74) is 3.65. The third-order valence-electron chi connectivity index (χ3n) is 5.32. The van der Waals surface area contributed by atoms with Crippen LogP contribution in [-0.2, 0) is 17.8 Å². The molecule has 0 aliphatic heterocycles. The molecule has 0 saturated heterocycles. The van der Waals surface area contributed by atoms with Crippen LogP contribution < -0.4 is 5.32 Å². The number of nitrogens with one attached hydrogen (secondary N) is 1. The van der Waals surface area contributed by atoms with E-state index in [-0.39, 0.29) is 11.9 Å². The van der Waals surface area contributed by atoms with Gasteiger partial charge in [-0.2, -0.15) is 0 Å². The molecule has 31 heavy (non-hydrogen) atoms. The van der Waals surface area contributed by atoms with Crippen molar-refractivity contribution in [1.82, 2.24) is 19.9 Å². The summed E-state index contributed by atoms with van der Waals surface area (Å²) < 4.78 is 2.08. The zero-order valence-corrected chi connectivity index (χ0v) is 18.2. The van der Waals surface area contributed by atoms with Crippen molar-refractivity contribution in [3.63, 3.8) is 0 Å². The molecule has 2 aromatic carbocycles. The molecule has 4 rings (SSSR count). The first-order valence-corrected chi connectivity index (χ1v) is 10.9. The largest absolute Gasteiger partial charge is 0.349 e. The maximum absolute atomic E-state index is 13.3. The minimum atomic E-state index is -0.362. The van der Waals surface area contributed by atoms with E-state index in [0.29, 0.717) is 24.4 Å². The Labute approximate surface area is 187 Å². The number of pyridine rings is 1. The van der Waals surface area contributed by atoms with Crippen LogP contribution in [-0.4, -0.2) is 20.4 Å². The highest BCUT2D eigenvalue weighted by Gasteiger charge is 2.25. The molecule has 5 nitrogen and oxygen atoms in total. The lowest BCUT2D eigenvalue weighted by Gasteiger charge is -2.21. The summed E-state index contributed by atoms with van der Waals surface area (Å²) in [6, 6.07) is 21.1. The summed E-state index contributed by atoms with van der Waals surface area (Å²) >= 11 is 6.42. The second-order valence-corrected chi connectivity index (χ2v) is 7.91. The summed E-state index contributed by atoms with van der Waals surface area (Å²) in [6.07, 6.45) is 3.88. The fraction of sp³-hybridized carbons (Fsp3) is 0.240. The van der Waals surface area contributed by atoms with Crippen molar-refractivity contribution in [2.24, 2.45) is 0 Å². The van der Waals surface area contributed by atoms with Gasteiger partial charge >= 0.3 is 0 Å². The molecule has 2 aromatic heterocycles. The maximum Gasteiger partial charge on any atom is 0.243 e. The van der Waals surface area contributed by atoms with E-state index >= 15 is 0 Å². The second kappa shape index (κ2) is 9.75. The SMILES string of the molecule is CCCC(C(=O)NCc1ccccn1)n1c(Cc2ccccc2Cl)nc2ccccc21. The van der Waals surface area contributed by atoms with Crippen LogP contribution in [0, 0.1) is 0 Å². The van der Waals surface area contributed by atoms with Crippen molar-refractivity contribution in [2.45, 2.75) is 38.8 Å². The predicted octanol–water partition coefficient (Wildman–Crippen LogP) is 5.33. The lowest BCUT2D eigenvalue weighted by molar-refractivity contribution is -0.124. The van der Waals surface area contributed by atoms with E-state index in [4.69, 9.17) is 16.6 Å². The number of imidazole rings is 1. The van der Waals surface area contributed by atoms with E-state index < -0.39 is 0 Å². The summed E-state index contributed by atoms with van der Waals surface area (Å²) in [5, 5.41) is 3.76. The normalized spacial score (nSPS) is 12.1. The van der Waals surface area contributed by atoms with Gasteiger partial charge in [-0.05, 0) is 42.3 Å². The average molecular weight is 433 g/mol. The van der Waals surface area contributed by atoms with Gasteiger partial charge in [0.15, 0.2) is 0 Å². The minimum absolute atomic E-state index is 0.0314. The van der Waals surface area contributed by atoms with E-state index in [1.54, 1.807) is 6.20 Å². The molecule has 0 radical (unpaired) electrons. The number of amides is 1. The Kier molecular flexibility index (Phi) is 6.63. The number of hydrogen-bond acceptors (Lipinski definition) is 3. The first kappa shape index (κ1) is 21.1. The quantitative estimate of drug-likeness (QED) is 0.409. The zero-order chi connectivity index (χ0) is 21.6. The van der Waals surface area contributed by atoms with Gasteiger partial charge in [0.1, 0.15) is 11.9 Å².